The number of benzene rings is 3. The average molecular weight is 409 g/mol. The summed E-state index contributed by atoms with van der Waals surface area (Å²) in [4.78, 5) is 26.1. The van der Waals surface area contributed by atoms with E-state index in [-0.39, 0.29) is 12.5 Å². The number of para-hydroxylation sites is 2. The van der Waals surface area contributed by atoms with Crippen molar-refractivity contribution in [1.29, 1.82) is 0 Å². The number of nitrogens with one attached hydrogen (secondary N) is 1. The third kappa shape index (κ3) is 3.80. The number of nitrogens with zero attached hydrogens (tertiary/aromatic N) is 4. The van der Waals surface area contributed by atoms with Gasteiger partial charge in [-0.05, 0) is 29.3 Å². The first-order chi connectivity index (χ1) is 15.2. The van der Waals surface area contributed by atoms with E-state index >= 15 is 0 Å². The fourth-order valence-corrected chi connectivity index (χ4v) is 3.90. The summed E-state index contributed by atoms with van der Waals surface area (Å²) in [7, 11) is 1.82. The zero-order valence-electron chi connectivity index (χ0n) is 17.3. The second-order valence-electron chi connectivity index (χ2n) is 7.67. The van der Waals surface area contributed by atoms with Crippen LogP contribution >= 0.6 is 0 Å². The van der Waals surface area contributed by atoms with E-state index in [9.17, 15) is 4.79 Å². The summed E-state index contributed by atoms with van der Waals surface area (Å²) >= 11 is 0. The first-order valence-corrected chi connectivity index (χ1v) is 10.3. The Hall–Kier alpha value is -3.93. The van der Waals surface area contributed by atoms with Gasteiger partial charge in [0, 0.05) is 31.2 Å². The molecule has 31 heavy (non-hydrogen) atoms. The van der Waals surface area contributed by atoms with Gasteiger partial charge in [-0.15, -0.1) is 0 Å². The Labute approximate surface area is 181 Å². The number of anilines is 3. The van der Waals surface area contributed by atoms with Crippen molar-refractivity contribution in [2.75, 3.05) is 28.7 Å². The quantitative estimate of drug-likeness (QED) is 0.547. The lowest BCUT2D eigenvalue weighted by molar-refractivity contribution is -0.117. The van der Waals surface area contributed by atoms with Crippen LogP contribution in [0.5, 0.6) is 0 Å². The van der Waals surface area contributed by atoms with Crippen LogP contribution in [0.3, 0.4) is 0 Å². The van der Waals surface area contributed by atoms with E-state index in [1.165, 1.54) is 5.56 Å². The van der Waals surface area contributed by atoms with Crippen LogP contribution < -0.4 is 15.1 Å². The summed E-state index contributed by atoms with van der Waals surface area (Å²) in [6, 6.07) is 26.1. The van der Waals surface area contributed by atoms with E-state index in [1.54, 1.807) is 4.90 Å². The van der Waals surface area contributed by atoms with Crippen molar-refractivity contribution in [3.05, 3.63) is 90.0 Å². The Morgan fingerprint density at radius 3 is 2.48 bits per heavy atom. The van der Waals surface area contributed by atoms with Gasteiger partial charge in [-0.3, -0.25) is 4.79 Å². The van der Waals surface area contributed by atoms with Crippen LogP contribution in [0.2, 0.25) is 0 Å². The highest BCUT2D eigenvalue weighted by molar-refractivity contribution is 5.98. The van der Waals surface area contributed by atoms with Crippen molar-refractivity contribution in [1.82, 2.24) is 9.97 Å². The highest BCUT2D eigenvalue weighted by atomic mass is 16.2. The van der Waals surface area contributed by atoms with Gasteiger partial charge >= 0.3 is 0 Å². The normalized spacial score (nSPS) is 13.8. The van der Waals surface area contributed by atoms with Crippen LogP contribution in [0, 0.1) is 0 Å². The maximum Gasteiger partial charge on any atom is 0.246 e. The third-order valence-electron chi connectivity index (χ3n) is 5.59. The molecule has 1 aliphatic heterocycles. The minimum Gasteiger partial charge on any atom is -0.365 e. The van der Waals surface area contributed by atoms with Crippen molar-refractivity contribution >= 4 is 34.3 Å². The molecule has 2 heterocycles. The molecule has 0 atom stereocenters. The number of amides is 1. The smallest absolute Gasteiger partial charge is 0.246 e. The Balaban J connectivity index is 1.53. The third-order valence-corrected chi connectivity index (χ3v) is 5.59. The standard InChI is InChI=1S/C25H23N5O/c1-29-22-14-8-5-11-19(22)16-30(17-23(29)31)25-27-21-13-7-6-12-20(21)24(28-25)26-15-18-9-3-2-4-10-18/h2-14H,15-17H2,1H3,(H,26,27,28). The Morgan fingerprint density at radius 1 is 0.871 bits per heavy atom. The molecule has 5 rings (SSSR count). The zero-order valence-corrected chi connectivity index (χ0v) is 17.3. The molecule has 1 aromatic heterocycles. The summed E-state index contributed by atoms with van der Waals surface area (Å²) in [6.45, 7) is 1.45. The Kier molecular flexibility index (Phi) is 4.96. The molecule has 0 unspecified atom stereocenters. The molecule has 0 aliphatic carbocycles. The fraction of sp³-hybridized carbons (Fsp3) is 0.160. The highest BCUT2D eigenvalue weighted by Gasteiger charge is 2.25. The maximum absolute atomic E-state index is 12.8. The van der Waals surface area contributed by atoms with Crippen molar-refractivity contribution < 1.29 is 4.79 Å². The minimum atomic E-state index is 0.0144. The molecule has 6 heteroatoms. The number of carbonyl (C=O) groups is 1. The van der Waals surface area contributed by atoms with Gasteiger partial charge in [0.1, 0.15) is 12.4 Å². The molecule has 0 radical (unpaired) electrons. The summed E-state index contributed by atoms with van der Waals surface area (Å²) in [5, 5.41) is 4.42. The molecule has 154 valence electrons. The second kappa shape index (κ2) is 8.07. The number of aromatic nitrogens is 2. The number of rotatable bonds is 4. The molecular weight excluding hydrogens is 386 g/mol. The number of fused-ring (bicyclic) bond motifs is 2. The van der Waals surface area contributed by atoms with Crippen molar-refractivity contribution in [3.8, 4) is 0 Å². The van der Waals surface area contributed by atoms with E-state index in [1.807, 2.05) is 78.7 Å². The highest BCUT2D eigenvalue weighted by Crippen LogP contribution is 2.29. The van der Waals surface area contributed by atoms with Gasteiger partial charge in [-0.25, -0.2) is 4.98 Å². The van der Waals surface area contributed by atoms with E-state index in [0.717, 1.165) is 28.0 Å². The largest absolute Gasteiger partial charge is 0.365 e. The molecule has 6 nitrogen and oxygen atoms in total. The van der Waals surface area contributed by atoms with Crippen LogP contribution in [0.25, 0.3) is 10.9 Å². The van der Waals surface area contributed by atoms with Crippen molar-refractivity contribution in [3.63, 3.8) is 0 Å². The molecular formula is C25H23N5O. The van der Waals surface area contributed by atoms with Crippen LogP contribution in [0.15, 0.2) is 78.9 Å². The monoisotopic (exact) mass is 409 g/mol. The van der Waals surface area contributed by atoms with Crippen LogP contribution in [-0.4, -0.2) is 29.5 Å². The molecule has 1 amide bonds. The molecule has 0 spiro atoms. The summed E-state index contributed by atoms with van der Waals surface area (Å²) < 4.78 is 0. The predicted octanol–water partition coefficient (Wildman–Crippen LogP) is 4.22. The maximum atomic E-state index is 12.8. The summed E-state index contributed by atoms with van der Waals surface area (Å²) in [6.07, 6.45) is 0. The molecule has 0 bridgehead atoms. The van der Waals surface area contributed by atoms with E-state index in [4.69, 9.17) is 9.97 Å². The predicted molar refractivity (Wildman–Crippen MR) is 124 cm³/mol. The molecule has 1 aliphatic rings. The lowest BCUT2D eigenvalue weighted by Crippen LogP contribution is -2.35. The van der Waals surface area contributed by atoms with Crippen LogP contribution in [0.4, 0.5) is 17.5 Å². The lowest BCUT2D eigenvalue weighted by atomic mass is 10.1. The van der Waals surface area contributed by atoms with Gasteiger partial charge in [-0.2, -0.15) is 4.98 Å². The second-order valence-corrected chi connectivity index (χ2v) is 7.67. The first kappa shape index (κ1) is 19.1. The molecule has 1 N–H and O–H groups in total. The topological polar surface area (TPSA) is 61.4 Å². The van der Waals surface area contributed by atoms with Gasteiger partial charge < -0.3 is 15.1 Å². The zero-order chi connectivity index (χ0) is 21.2. The number of hydrogen-bond acceptors (Lipinski definition) is 5. The van der Waals surface area contributed by atoms with Crippen LogP contribution in [-0.2, 0) is 17.9 Å². The van der Waals surface area contributed by atoms with Crippen molar-refractivity contribution in [2.45, 2.75) is 13.1 Å². The Morgan fingerprint density at radius 2 is 1.61 bits per heavy atom. The lowest BCUT2D eigenvalue weighted by Gasteiger charge is -2.21. The van der Waals surface area contributed by atoms with Gasteiger partial charge in [0.05, 0.1) is 5.52 Å². The van der Waals surface area contributed by atoms with E-state index in [0.29, 0.717) is 19.0 Å². The van der Waals surface area contributed by atoms with Gasteiger partial charge in [0.2, 0.25) is 11.9 Å². The number of likely N-dealkylation sites (N-methyl/N-ethyl adjacent to an activating group) is 1. The SMILES string of the molecule is CN1C(=O)CN(c2nc(NCc3ccccc3)c3ccccc3n2)Cc2ccccc21. The first-order valence-electron chi connectivity index (χ1n) is 10.3. The molecule has 0 saturated carbocycles. The molecule has 3 aromatic carbocycles. The van der Waals surface area contributed by atoms with E-state index < -0.39 is 0 Å². The molecule has 0 saturated heterocycles. The van der Waals surface area contributed by atoms with Crippen LogP contribution in [0.1, 0.15) is 11.1 Å². The van der Waals surface area contributed by atoms with Crippen molar-refractivity contribution in [2.24, 2.45) is 0 Å². The Bertz CT molecular complexity index is 1240. The van der Waals surface area contributed by atoms with Gasteiger partial charge in [-0.1, -0.05) is 60.7 Å². The van der Waals surface area contributed by atoms with Gasteiger partial charge in [0.15, 0.2) is 0 Å². The number of carbonyl (C=O) groups excluding carboxylic acids is 1. The summed E-state index contributed by atoms with van der Waals surface area (Å²) in [5.74, 6) is 1.33. The van der Waals surface area contributed by atoms with Gasteiger partial charge in [0.25, 0.3) is 0 Å². The molecule has 4 aromatic rings. The summed E-state index contributed by atoms with van der Waals surface area (Å²) in [5.41, 5.74) is 4.03. The average Bonchev–Trinajstić information content (AvgIpc) is 2.94. The van der Waals surface area contributed by atoms with E-state index in [2.05, 4.69) is 17.4 Å². The molecule has 0 fully saturated rings. The minimum absolute atomic E-state index is 0.0144. The fourth-order valence-electron chi connectivity index (χ4n) is 3.90. The number of hydrogen-bond donors (Lipinski definition) is 1.